The molecule has 0 bridgehead atoms. The van der Waals surface area contributed by atoms with Crippen LogP contribution in [0.25, 0.3) is 21.8 Å². The average molecular weight is 446 g/mol. The van der Waals surface area contributed by atoms with Crippen LogP contribution in [0, 0.1) is 6.92 Å². The number of rotatable bonds is 3. The minimum atomic E-state index is -5.08. The van der Waals surface area contributed by atoms with Gasteiger partial charge in [0, 0.05) is 35.3 Å². The molecule has 2 aromatic heterocycles. The van der Waals surface area contributed by atoms with Gasteiger partial charge in [0.05, 0.1) is 16.6 Å². The van der Waals surface area contributed by atoms with Crippen LogP contribution in [-0.2, 0) is 11.3 Å². The standard InChI is InChI=1S/C20H16N2O3.C2HF3O2/c1-12-19-17(8-9-21-12)16-7-6-15(23)10-18(16)22(19)11-13-2-4-14(5-3-13)20(24)25;3-2(4,5)1(6)7/h2-10,21H,11H2,1H3,(H,24,25);(H,6,7). The Labute approximate surface area is 178 Å². The number of fused-ring (bicyclic) bond motifs is 3. The van der Waals surface area contributed by atoms with Crippen LogP contribution < -0.4 is 5.43 Å². The van der Waals surface area contributed by atoms with Crippen molar-refractivity contribution in [3.63, 3.8) is 0 Å². The number of alkyl halides is 3. The monoisotopic (exact) mass is 446 g/mol. The maximum atomic E-state index is 11.9. The van der Waals surface area contributed by atoms with Gasteiger partial charge in [-0.25, -0.2) is 9.59 Å². The summed E-state index contributed by atoms with van der Waals surface area (Å²) in [6, 6.07) is 13.9. The van der Waals surface area contributed by atoms with E-state index >= 15 is 0 Å². The first-order valence-corrected chi connectivity index (χ1v) is 9.21. The molecule has 4 rings (SSSR count). The van der Waals surface area contributed by atoms with Crippen molar-refractivity contribution in [2.24, 2.45) is 0 Å². The molecule has 10 heteroatoms. The van der Waals surface area contributed by atoms with Crippen molar-refractivity contribution >= 4 is 33.7 Å². The second kappa shape index (κ2) is 8.58. The molecule has 0 radical (unpaired) electrons. The van der Waals surface area contributed by atoms with Gasteiger partial charge in [-0.2, -0.15) is 13.2 Å². The number of carboxylic acids is 2. The highest BCUT2D eigenvalue weighted by atomic mass is 19.4. The highest BCUT2D eigenvalue weighted by molar-refractivity contribution is 6.08. The summed E-state index contributed by atoms with van der Waals surface area (Å²) in [5, 5.41) is 18.3. The van der Waals surface area contributed by atoms with Gasteiger partial charge in [0.1, 0.15) is 0 Å². The van der Waals surface area contributed by atoms with E-state index in [2.05, 4.69) is 9.55 Å². The Morgan fingerprint density at radius 1 is 1.00 bits per heavy atom. The normalized spacial score (nSPS) is 11.2. The number of hydrogen-bond donors (Lipinski definition) is 3. The molecule has 0 aliphatic carbocycles. The summed E-state index contributed by atoms with van der Waals surface area (Å²) in [5.41, 5.74) is 4.15. The topological polar surface area (TPSA) is 112 Å². The number of benzene rings is 2. The number of hydrogen-bond acceptors (Lipinski definition) is 3. The van der Waals surface area contributed by atoms with E-state index in [4.69, 9.17) is 15.0 Å². The lowest BCUT2D eigenvalue weighted by Crippen LogP contribution is -2.21. The first-order valence-electron chi connectivity index (χ1n) is 9.21. The molecule has 0 spiro atoms. The molecule has 0 unspecified atom stereocenters. The summed E-state index contributed by atoms with van der Waals surface area (Å²) in [4.78, 5) is 35.0. The lowest BCUT2D eigenvalue weighted by Gasteiger charge is -2.09. The van der Waals surface area contributed by atoms with Crippen LogP contribution in [0.5, 0.6) is 0 Å². The number of nitrogens with one attached hydrogen (secondary N) is 1. The predicted octanol–water partition coefficient (Wildman–Crippen LogP) is 4.17. The van der Waals surface area contributed by atoms with Gasteiger partial charge < -0.3 is 19.8 Å². The van der Waals surface area contributed by atoms with Crippen molar-refractivity contribution in [1.82, 2.24) is 9.55 Å². The van der Waals surface area contributed by atoms with Crippen LogP contribution in [0.4, 0.5) is 13.2 Å². The number of aromatic carboxylic acids is 1. The molecule has 7 nitrogen and oxygen atoms in total. The number of halogens is 3. The van der Waals surface area contributed by atoms with E-state index < -0.39 is 18.1 Å². The van der Waals surface area contributed by atoms with Crippen LogP contribution in [0.2, 0.25) is 0 Å². The smallest absolute Gasteiger partial charge is 0.478 e. The number of aromatic amines is 1. The van der Waals surface area contributed by atoms with Crippen LogP contribution >= 0.6 is 0 Å². The number of nitrogens with zero attached hydrogens (tertiary/aromatic N) is 1. The van der Waals surface area contributed by atoms with Gasteiger partial charge in [-0.05, 0) is 42.8 Å². The van der Waals surface area contributed by atoms with E-state index in [0.29, 0.717) is 6.54 Å². The van der Waals surface area contributed by atoms with Crippen molar-refractivity contribution in [2.75, 3.05) is 0 Å². The zero-order chi connectivity index (χ0) is 23.6. The third-order valence-corrected chi connectivity index (χ3v) is 4.76. The molecule has 2 aromatic carbocycles. The van der Waals surface area contributed by atoms with Gasteiger partial charge in [-0.15, -0.1) is 0 Å². The SMILES string of the molecule is Cc1[nH]ccc2c3ccc(=O)cc3n(Cc3ccc(C(=O)O)cc3)c12.O=C(O)C(F)(F)F. The number of pyridine rings is 1. The lowest BCUT2D eigenvalue weighted by atomic mass is 10.1. The average Bonchev–Trinajstić information content (AvgIpc) is 3.02. The number of aromatic nitrogens is 2. The molecule has 0 saturated carbocycles. The third-order valence-electron chi connectivity index (χ3n) is 4.76. The molecule has 166 valence electrons. The minimum Gasteiger partial charge on any atom is -0.478 e. The highest BCUT2D eigenvalue weighted by Crippen LogP contribution is 2.30. The zero-order valence-corrected chi connectivity index (χ0v) is 16.6. The molecule has 0 aliphatic heterocycles. The Morgan fingerprint density at radius 2 is 1.62 bits per heavy atom. The quantitative estimate of drug-likeness (QED) is 0.437. The molecule has 32 heavy (non-hydrogen) atoms. The molecule has 4 aromatic rings. The first-order chi connectivity index (χ1) is 15.0. The largest absolute Gasteiger partial charge is 0.490 e. The van der Waals surface area contributed by atoms with Gasteiger partial charge in [0.2, 0.25) is 0 Å². The summed E-state index contributed by atoms with van der Waals surface area (Å²) in [7, 11) is 0. The number of carbonyl (C=O) groups is 2. The fourth-order valence-electron chi connectivity index (χ4n) is 3.35. The minimum absolute atomic E-state index is 0.0283. The molecule has 0 saturated heterocycles. The van der Waals surface area contributed by atoms with Crippen molar-refractivity contribution in [3.8, 4) is 0 Å². The van der Waals surface area contributed by atoms with Crippen LogP contribution in [-0.4, -0.2) is 37.9 Å². The van der Waals surface area contributed by atoms with Crippen molar-refractivity contribution in [3.05, 3.63) is 81.8 Å². The summed E-state index contributed by atoms with van der Waals surface area (Å²) in [6.07, 6.45) is -3.19. The number of carboxylic acid groups (broad SMARTS) is 2. The Hall–Kier alpha value is -4.08. The molecule has 3 N–H and O–H groups in total. The van der Waals surface area contributed by atoms with Crippen molar-refractivity contribution in [1.29, 1.82) is 0 Å². The maximum absolute atomic E-state index is 11.9. The van der Waals surface area contributed by atoms with E-state index in [0.717, 1.165) is 33.1 Å². The molecular weight excluding hydrogens is 429 g/mol. The Bertz CT molecular complexity index is 1370. The number of aryl methyl sites for hydroxylation is 1. The van der Waals surface area contributed by atoms with Crippen LogP contribution in [0.15, 0.2) is 59.5 Å². The van der Waals surface area contributed by atoms with E-state index in [1.54, 1.807) is 24.3 Å². The lowest BCUT2D eigenvalue weighted by molar-refractivity contribution is -0.192. The fraction of sp³-hybridized carbons (Fsp3) is 0.136. The van der Waals surface area contributed by atoms with Crippen LogP contribution in [0.3, 0.4) is 0 Å². The van der Waals surface area contributed by atoms with E-state index in [1.165, 1.54) is 0 Å². The third kappa shape index (κ3) is 4.64. The fourth-order valence-corrected chi connectivity index (χ4v) is 3.35. The van der Waals surface area contributed by atoms with Gasteiger partial charge in [0.25, 0.3) is 0 Å². The zero-order valence-electron chi connectivity index (χ0n) is 16.6. The first kappa shape index (κ1) is 22.6. The number of H-pyrrole nitrogens is 1. The summed E-state index contributed by atoms with van der Waals surface area (Å²) < 4.78 is 33.8. The van der Waals surface area contributed by atoms with Crippen LogP contribution in [0.1, 0.15) is 21.6 Å². The molecule has 0 atom stereocenters. The molecule has 0 amide bonds. The van der Waals surface area contributed by atoms with Gasteiger partial charge in [0.15, 0.2) is 5.43 Å². The summed E-state index contributed by atoms with van der Waals surface area (Å²) >= 11 is 0. The van der Waals surface area contributed by atoms with Crippen molar-refractivity contribution < 1.29 is 33.0 Å². The second-order valence-corrected chi connectivity index (χ2v) is 6.94. The second-order valence-electron chi connectivity index (χ2n) is 6.94. The van der Waals surface area contributed by atoms with E-state index in [1.807, 2.05) is 37.4 Å². The summed E-state index contributed by atoms with van der Waals surface area (Å²) in [5.74, 6) is -3.70. The van der Waals surface area contributed by atoms with E-state index in [9.17, 15) is 22.8 Å². The van der Waals surface area contributed by atoms with Gasteiger partial charge in [-0.3, -0.25) is 4.79 Å². The Morgan fingerprint density at radius 3 is 2.19 bits per heavy atom. The maximum Gasteiger partial charge on any atom is 0.490 e. The summed E-state index contributed by atoms with van der Waals surface area (Å²) in [6.45, 7) is 2.56. The van der Waals surface area contributed by atoms with Crippen molar-refractivity contribution in [2.45, 2.75) is 19.6 Å². The highest BCUT2D eigenvalue weighted by Gasteiger charge is 2.38. The Balaban J connectivity index is 0.000000360. The predicted molar refractivity (Wildman–Crippen MR) is 111 cm³/mol. The molecule has 2 heterocycles. The van der Waals surface area contributed by atoms with E-state index in [-0.39, 0.29) is 11.0 Å². The molecule has 0 aliphatic rings. The van der Waals surface area contributed by atoms with Gasteiger partial charge in [-0.1, -0.05) is 12.1 Å². The van der Waals surface area contributed by atoms with Gasteiger partial charge >= 0.3 is 18.1 Å². The number of aliphatic carboxylic acids is 1. The molecular formula is C22H17F3N2O5. The molecule has 0 fully saturated rings. The Kier molecular flexibility index (Phi) is 6.06.